The van der Waals surface area contributed by atoms with Crippen LogP contribution in [0, 0.1) is 5.41 Å². The van der Waals surface area contributed by atoms with Crippen LogP contribution in [-0.4, -0.2) is 44.6 Å². The maximum atomic E-state index is 13.6. The lowest BCUT2D eigenvalue weighted by molar-refractivity contribution is 0.0521. The molecule has 4 rings (SSSR count). The van der Waals surface area contributed by atoms with Crippen LogP contribution < -0.4 is 19.8 Å². The second kappa shape index (κ2) is 9.93. The van der Waals surface area contributed by atoms with Gasteiger partial charge in [-0.3, -0.25) is 4.79 Å². The fraction of sp³-hybridized carbons (Fsp3) is 0.556. The number of carbonyl (C=O) groups is 1. The first-order chi connectivity index (χ1) is 16.7. The molecule has 0 N–H and O–H groups in total. The summed E-state index contributed by atoms with van der Waals surface area (Å²) in [5, 5.41) is 0. The highest BCUT2D eigenvalue weighted by Gasteiger charge is 2.41. The van der Waals surface area contributed by atoms with Crippen molar-refractivity contribution in [3.05, 3.63) is 39.7 Å². The molecule has 2 aliphatic rings. The Labute approximate surface area is 206 Å². The first kappa shape index (κ1) is 25.1. The Bertz CT molecular complexity index is 1160. The van der Waals surface area contributed by atoms with Gasteiger partial charge in [-0.1, -0.05) is 20.8 Å². The van der Waals surface area contributed by atoms with Gasteiger partial charge in [-0.25, -0.2) is 4.79 Å². The van der Waals surface area contributed by atoms with E-state index >= 15 is 0 Å². The maximum absolute atomic E-state index is 13.6. The van der Waals surface area contributed by atoms with Crippen LogP contribution in [0.3, 0.4) is 0 Å². The van der Waals surface area contributed by atoms with Crippen LogP contribution in [0.1, 0.15) is 75.0 Å². The summed E-state index contributed by atoms with van der Waals surface area (Å²) in [5.41, 5.74) is 1.73. The predicted molar refractivity (Wildman–Crippen MR) is 132 cm³/mol. The van der Waals surface area contributed by atoms with Gasteiger partial charge in [-0.05, 0) is 31.9 Å². The summed E-state index contributed by atoms with van der Waals surface area (Å²) in [6.45, 7) is 9.23. The van der Waals surface area contributed by atoms with Gasteiger partial charge >= 0.3 is 5.97 Å². The molecule has 8 nitrogen and oxygen atoms in total. The Hall–Kier alpha value is -3.00. The zero-order valence-corrected chi connectivity index (χ0v) is 21.4. The second-order valence-electron chi connectivity index (χ2n) is 10.0. The minimum absolute atomic E-state index is 0.0353. The molecule has 1 fully saturated rings. The van der Waals surface area contributed by atoms with Crippen LogP contribution in [0.5, 0.6) is 17.2 Å². The molecule has 1 aliphatic heterocycles. The Balaban J connectivity index is 1.92. The molecule has 0 unspecified atom stereocenters. The number of hydrogen-bond donors (Lipinski definition) is 0. The highest BCUT2D eigenvalue weighted by Crippen LogP contribution is 2.53. The number of rotatable bonds is 9. The van der Waals surface area contributed by atoms with Crippen LogP contribution in [0.2, 0.25) is 0 Å². The van der Waals surface area contributed by atoms with Gasteiger partial charge in [0.15, 0.2) is 11.5 Å². The Morgan fingerprint density at radius 3 is 2.46 bits per heavy atom. The van der Waals surface area contributed by atoms with Crippen molar-refractivity contribution in [2.75, 3.05) is 34.0 Å². The molecular weight excluding hydrogens is 450 g/mol. The number of ether oxygens (including phenoxy) is 5. The monoisotopic (exact) mass is 485 g/mol. The first-order valence-electron chi connectivity index (χ1n) is 12.2. The summed E-state index contributed by atoms with van der Waals surface area (Å²) in [6.07, 6.45) is 2.11. The number of nitrogens with zero attached hydrogens (tertiary/aromatic N) is 1. The van der Waals surface area contributed by atoms with Crippen molar-refractivity contribution in [3.8, 4) is 28.5 Å². The van der Waals surface area contributed by atoms with Crippen LogP contribution in [0.25, 0.3) is 11.3 Å². The number of carbonyl (C=O) groups excluding carboxylic acids is 1. The third-order valence-corrected chi connectivity index (χ3v) is 6.26. The molecular formula is C27H35NO7. The maximum Gasteiger partial charge on any atom is 0.343 e. The fourth-order valence-electron chi connectivity index (χ4n) is 4.49. The molecule has 0 bridgehead atoms. The topological polar surface area (TPSA) is 85.2 Å². The minimum Gasteiger partial charge on any atom is -0.493 e. The fourth-order valence-corrected chi connectivity index (χ4v) is 4.49. The van der Waals surface area contributed by atoms with Crippen molar-refractivity contribution in [3.63, 3.8) is 0 Å². The van der Waals surface area contributed by atoms with E-state index < -0.39 is 12.1 Å². The number of benzene rings is 1. The lowest BCUT2D eigenvalue weighted by Gasteiger charge is -2.38. The molecule has 2 heterocycles. The summed E-state index contributed by atoms with van der Waals surface area (Å²) in [4.78, 5) is 26.3. The SMILES string of the molecule is CCOC(=O)c1cc2c(n(C3CC3)c1=O)-c1cc(OC)c(OCCCOC)cc1O[C@@H]2C(C)(C)C. The molecule has 2 aromatic rings. The van der Waals surface area contributed by atoms with E-state index in [1.807, 2.05) is 12.1 Å². The Morgan fingerprint density at radius 2 is 1.86 bits per heavy atom. The molecule has 0 radical (unpaired) electrons. The lowest BCUT2D eigenvalue weighted by Crippen LogP contribution is -2.34. The van der Waals surface area contributed by atoms with Crippen LogP contribution in [0.15, 0.2) is 23.0 Å². The van der Waals surface area contributed by atoms with E-state index in [1.54, 1.807) is 31.8 Å². The molecule has 1 saturated carbocycles. The average Bonchev–Trinajstić information content (AvgIpc) is 3.65. The quantitative estimate of drug-likeness (QED) is 0.368. The number of pyridine rings is 1. The van der Waals surface area contributed by atoms with Crippen molar-refractivity contribution in [1.82, 2.24) is 4.57 Å². The number of aromatic nitrogens is 1. The van der Waals surface area contributed by atoms with Crippen molar-refractivity contribution < 1.29 is 28.5 Å². The van der Waals surface area contributed by atoms with Gasteiger partial charge < -0.3 is 28.3 Å². The smallest absolute Gasteiger partial charge is 0.343 e. The molecule has 0 spiro atoms. The first-order valence-corrected chi connectivity index (χ1v) is 12.2. The van der Waals surface area contributed by atoms with Crippen LogP contribution in [0.4, 0.5) is 0 Å². The molecule has 1 aromatic heterocycles. The van der Waals surface area contributed by atoms with E-state index in [0.29, 0.717) is 30.5 Å². The van der Waals surface area contributed by atoms with Gasteiger partial charge in [0.05, 0.1) is 26.0 Å². The zero-order chi connectivity index (χ0) is 25.3. The Kier molecular flexibility index (Phi) is 7.12. The minimum atomic E-state index is -0.606. The summed E-state index contributed by atoms with van der Waals surface area (Å²) < 4.78 is 30.3. The average molecular weight is 486 g/mol. The third-order valence-electron chi connectivity index (χ3n) is 6.26. The molecule has 1 aromatic carbocycles. The molecule has 0 amide bonds. The Morgan fingerprint density at radius 1 is 1.11 bits per heavy atom. The zero-order valence-electron chi connectivity index (χ0n) is 21.4. The van der Waals surface area contributed by atoms with Gasteiger partial charge in [0.25, 0.3) is 5.56 Å². The van der Waals surface area contributed by atoms with Gasteiger partial charge in [0.1, 0.15) is 17.4 Å². The number of hydrogen-bond acceptors (Lipinski definition) is 7. The largest absolute Gasteiger partial charge is 0.493 e. The summed E-state index contributed by atoms with van der Waals surface area (Å²) in [6, 6.07) is 5.40. The van der Waals surface area contributed by atoms with Gasteiger partial charge in [-0.15, -0.1) is 0 Å². The van der Waals surface area contributed by atoms with E-state index in [2.05, 4.69) is 20.8 Å². The van der Waals surface area contributed by atoms with Gasteiger partial charge in [0, 0.05) is 48.8 Å². The molecule has 190 valence electrons. The van der Waals surface area contributed by atoms with E-state index in [9.17, 15) is 9.59 Å². The molecule has 8 heteroatoms. The van der Waals surface area contributed by atoms with E-state index in [0.717, 1.165) is 36.1 Å². The molecule has 1 aliphatic carbocycles. The van der Waals surface area contributed by atoms with Crippen molar-refractivity contribution in [2.24, 2.45) is 5.41 Å². The number of esters is 1. The van der Waals surface area contributed by atoms with Crippen LogP contribution >= 0.6 is 0 Å². The van der Waals surface area contributed by atoms with Crippen molar-refractivity contribution >= 4 is 5.97 Å². The van der Waals surface area contributed by atoms with Crippen molar-refractivity contribution in [1.29, 1.82) is 0 Å². The normalized spacial score (nSPS) is 16.7. The third kappa shape index (κ3) is 4.89. The summed E-state index contributed by atoms with van der Waals surface area (Å²) >= 11 is 0. The lowest BCUT2D eigenvalue weighted by atomic mass is 9.80. The predicted octanol–water partition coefficient (Wildman–Crippen LogP) is 4.93. The summed E-state index contributed by atoms with van der Waals surface area (Å²) in [5.74, 6) is 1.14. The standard InChI is InChI=1S/C27H35NO7/c1-7-33-26(30)19-13-18-23(28(25(19)29)16-9-10-16)17-14-21(32-6)22(34-12-8-11-31-5)15-20(17)35-24(18)27(2,3)4/h13-16,24H,7-12H2,1-6H3/t24-/m0/s1. The van der Waals surface area contributed by atoms with Crippen LogP contribution in [-0.2, 0) is 9.47 Å². The van der Waals surface area contributed by atoms with Gasteiger partial charge in [-0.2, -0.15) is 0 Å². The van der Waals surface area contributed by atoms with E-state index in [-0.39, 0.29) is 29.2 Å². The van der Waals surface area contributed by atoms with E-state index in [4.69, 9.17) is 23.7 Å². The second-order valence-corrected chi connectivity index (χ2v) is 10.0. The molecule has 0 saturated heterocycles. The van der Waals surface area contributed by atoms with Gasteiger partial charge in [0.2, 0.25) is 0 Å². The van der Waals surface area contributed by atoms with Crippen molar-refractivity contribution in [2.45, 2.75) is 59.1 Å². The number of fused-ring (bicyclic) bond motifs is 3. The summed E-state index contributed by atoms with van der Waals surface area (Å²) in [7, 11) is 3.24. The highest BCUT2D eigenvalue weighted by molar-refractivity contribution is 5.90. The molecule has 35 heavy (non-hydrogen) atoms. The highest BCUT2D eigenvalue weighted by atomic mass is 16.5. The van der Waals surface area contributed by atoms with E-state index in [1.165, 1.54) is 0 Å². The molecule has 1 atom stereocenters. The number of methoxy groups -OCH3 is 2.